The van der Waals surface area contributed by atoms with Crippen LogP contribution in [0.2, 0.25) is 0 Å². The molecule has 1 saturated carbocycles. The van der Waals surface area contributed by atoms with Crippen LogP contribution in [-0.4, -0.2) is 36.3 Å². The van der Waals surface area contributed by atoms with Crippen LogP contribution < -0.4 is 11.1 Å². The van der Waals surface area contributed by atoms with Crippen molar-refractivity contribution in [1.82, 2.24) is 9.97 Å². The summed E-state index contributed by atoms with van der Waals surface area (Å²) in [5.41, 5.74) is 2.49. The number of carbonyl (C=O) groups excluding carboxylic acids is 1. The highest BCUT2D eigenvalue weighted by Gasteiger charge is 2.53. The topological polar surface area (TPSA) is 99.4 Å². The van der Waals surface area contributed by atoms with Crippen LogP contribution >= 0.6 is 9.90 Å². The lowest BCUT2D eigenvalue weighted by Crippen LogP contribution is -2.20. The number of primary amides is 1. The summed E-state index contributed by atoms with van der Waals surface area (Å²) >= 11 is 0. The van der Waals surface area contributed by atoms with E-state index >= 15 is 4.39 Å². The van der Waals surface area contributed by atoms with E-state index in [-0.39, 0.29) is 64.5 Å². The van der Waals surface area contributed by atoms with E-state index in [1.165, 1.54) is 12.1 Å². The van der Waals surface area contributed by atoms with Crippen LogP contribution in [0.4, 0.5) is 27.8 Å². The number of anilines is 1. The molecular weight excluding hydrogens is 494 g/mol. The van der Waals surface area contributed by atoms with Crippen molar-refractivity contribution in [3.63, 3.8) is 0 Å². The van der Waals surface area contributed by atoms with E-state index in [1.54, 1.807) is 6.92 Å². The second kappa shape index (κ2) is 12.5. The van der Waals surface area contributed by atoms with Gasteiger partial charge < -0.3 is 20.5 Å². The van der Waals surface area contributed by atoms with Gasteiger partial charge >= 0.3 is 0 Å². The van der Waals surface area contributed by atoms with Crippen molar-refractivity contribution in [1.29, 1.82) is 0 Å². The normalized spacial score (nSPS) is 17.2. The lowest BCUT2D eigenvalue weighted by Gasteiger charge is -2.24. The first kappa shape index (κ1) is 28.8. The quantitative estimate of drug-likeness (QED) is 0.302. The summed E-state index contributed by atoms with van der Waals surface area (Å²) in [5, 5.41) is 2.88. The van der Waals surface area contributed by atoms with Crippen LogP contribution in [-0.2, 0) is 20.8 Å². The minimum absolute atomic E-state index is 0. The second-order valence-corrected chi connectivity index (χ2v) is 7.96. The number of nitrogens with zero attached hydrogens (tertiary/aromatic N) is 2. The highest BCUT2D eigenvalue weighted by Crippen LogP contribution is 2.58. The Labute approximate surface area is 202 Å². The minimum Gasteiger partial charge on any atom is -0.372 e. The van der Waals surface area contributed by atoms with Gasteiger partial charge in [0.25, 0.3) is 6.43 Å². The van der Waals surface area contributed by atoms with E-state index in [0.29, 0.717) is 12.8 Å². The van der Waals surface area contributed by atoms with Crippen molar-refractivity contribution < 1.29 is 36.2 Å². The zero-order chi connectivity index (χ0) is 24.9. The van der Waals surface area contributed by atoms with Crippen molar-refractivity contribution in [2.24, 2.45) is 11.1 Å². The molecule has 2 heterocycles. The minimum atomic E-state index is -2.95. The average molecular weight is 522 g/mol. The molecule has 2 fully saturated rings. The number of nitrogens with two attached hydrogens (primary N) is 1. The van der Waals surface area contributed by atoms with Crippen molar-refractivity contribution in [3.8, 4) is 0 Å². The van der Waals surface area contributed by atoms with Crippen LogP contribution in [0, 0.1) is 18.2 Å². The molecule has 7 nitrogen and oxygen atoms in total. The zero-order valence-electron chi connectivity index (χ0n) is 19.1. The molecule has 1 aromatic carbocycles. The summed E-state index contributed by atoms with van der Waals surface area (Å²) in [4.78, 5) is 17.1. The summed E-state index contributed by atoms with van der Waals surface area (Å²) in [5.74, 6) is -0.671. The van der Waals surface area contributed by atoms with Crippen LogP contribution in [0.5, 0.6) is 0 Å². The van der Waals surface area contributed by atoms with E-state index in [0.717, 1.165) is 6.07 Å². The van der Waals surface area contributed by atoms with Gasteiger partial charge in [-0.2, -0.15) is 9.90 Å². The molecule has 0 spiro atoms. The smallest absolute Gasteiger partial charge is 0.266 e. The third-order valence-corrected chi connectivity index (χ3v) is 5.67. The summed E-state index contributed by atoms with van der Waals surface area (Å²) in [6.45, 7) is 1.08. The third kappa shape index (κ3) is 6.42. The average Bonchev–Trinajstić information content (AvgIpc) is 3.43. The first-order chi connectivity index (χ1) is 16.3. The van der Waals surface area contributed by atoms with Gasteiger partial charge in [0.1, 0.15) is 17.5 Å². The van der Waals surface area contributed by atoms with Crippen molar-refractivity contribution in [2.45, 2.75) is 45.2 Å². The molecule has 0 radical (unpaired) electrons. The number of hydrogen-bond acceptors (Lipinski definition) is 6. The Kier molecular flexibility index (Phi) is 10.3. The molecule has 0 bridgehead atoms. The van der Waals surface area contributed by atoms with Gasteiger partial charge in [-0.1, -0.05) is 18.2 Å². The van der Waals surface area contributed by atoms with Crippen molar-refractivity contribution in [3.05, 3.63) is 52.2 Å². The summed E-state index contributed by atoms with van der Waals surface area (Å²) < 4.78 is 80.4. The van der Waals surface area contributed by atoms with Gasteiger partial charge in [0.15, 0.2) is 12.5 Å². The number of amides is 1. The molecule has 35 heavy (non-hydrogen) atoms. The summed E-state index contributed by atoms with van der Waals surface area (Å²) in [6, 6.07) is 3.71. The van der Waals surface area contributed by atoms with Gasteiger partial charge in [0.05, 0.1) is 36.7 Å². The lowest BCUT2D eigenvalue weighted by molar-refractivity contribution is -0.106. The lowest BCUT2D eigenvalue weighted by atomic mass is 9.95. The highest BCUT2D eigenvalue weighted by atomic mass is 31.0. The van der Waals surface area contributed by atoms with E-state index in [2.05, 4.69) is 21.0 Å². The van der Waals surface area contributed by atoms with E-state index in [4.69, 9.17) is 14.3 Å². The molecule has 2 atom stereocenters. The maximum absolute atomic E-state index is 15.4. The Morgan fingerprint density at radius 3 is 2.40 bits per heavy atom. The Morgan fingerprint density at radius 1 is 1.23 bits per heavy atom. The fourth-order valence-corrected chi connectivity index (χ4v) is 3.68. The molecule has 2 aliphatic rings. The van der Waals surface area contributed by atoms with Crippen LogP contribution in [0.15, 0.2) is 18.2 Å². The largest absolute Gasteiger partial charge is 0.372 e. The fraction of sp³-hybridized carbons (Fsp3) is 0.500. The summed E-state index contributed by atoms with van der Waals surface area (Å²) in [6.07, 6.45) is -4.57. The molecule has 2 unspecified atom stereocenters. The highest BCUT2D eigenvalue weighted by molar-refractivity contribution is 6.92. The number of rotatable bonds is 8. The van der Waals surface area contributed by atoms with E-state index in [1.807, 2.05) is 0 Å². The second-order valence-electron chi connectivity index (χ2n) is 7.96. The van der Waals surface area contributed by atoms with Gasteiger partial charge in [0.2, 0.25) is 6.41 Å². The van der Waals surface area contributed by atoms with Crippen LogP contribution in [0.25, 0.3) is 0 Å². The molecule has 1 aromatic heterocycles. The van der Waals surface area contributed by atoms with E-state index < -0.39 is 42.4 Å². The van der Waals surface area contributed by atoms with Gasteiger partial charge in [-0.15, -0.1) is 0 Å². The number of hydrogen-bond donors (Lipinski definition) is 2. The van der Waals surface area contributed by atoms with Crippen LogP contribution in [0.3, 0.4) is 0 Å². The predicted octanol–water partition coefficient (Wildman–Crippen LogP) is 4.44. The number of carbonyl (C=O) groups is 1. The molecule has 1 aliphatic heterocycles. The number of aryl methyl sites for hydroxylation is 1. The van der Waals surface area contributed by atoms with Crippen LogP contribution in [0.1, 0.15) is 59.9 Å². The fourth-order valence-electron chi connectivity index (χ4n) is 3.68. The molecule has 1 amide bonds. The molecule has 1 saturated heterocycles. The molecule has 194 valence electrons. The van der Waals surface area contributed by atoms with Crippen molar-refractivity contribution >= 4 is 22.1 Å². The molecule has 1 aliphatic carbocycles. The maximum atomic E-state index is 15.4. The Morgan fingerprint density at radius 2 is 1.86 bits per heavy atom. The Bertz CT molecular complexity index is 1010. The first-order valence-electron chi connectivity index (χ1n) is 10.5. The zero-order valence-corrected chi connectivity index (χ0v) is 20.5. The van der Waals surface area contributed by atoms with Gasteiger partial charge in [0, 0.05) is 17.5 Å². The molecular formula is C22H28F5N4O3P. The number of alkyl halides is 4. The monoisotopic (exact) mass is 522 g/mol. The summed E-state index contributed by atoms with van der Waals surface area (Å²) in [7, 11) is 0. The molecule has 4 rings (SSSR count). The number of ether oxygens (including phenoxy) is 2. The number of benzene rings is 1. The molecule has 3 N–H and O–H groups in total. The van der Waals surface area contributed by atoms with Crippen molar-refractivity contribution in [2.75, 3.05) is 25.2 Å². The first-order valence-corrected chi connectivity index (χ1v) is 10.5. The number of nitrogens with one attached hydrogen (secondary N) is 1. The van der Waals surface area contributed by atoms with Gasteiger partial charge in [-0.3, -0.25) is 9.18 Å². The molecule has 13 heteroatoms. The van der Waals surface area contributed by atoms with Gasteiger partial charge in [-0.25, -0.2) is 27.5 Å². The number of aromatic nitrogens is 2. The maximum Gasteiger partial charge on any atom is 0.266 e. The Balaban J connectivity index is 0.00000103. The SMILES string of the molecule is Cc1nc(NCc2cccc(C(F)F)c2F)c(C2OCCO2)c(C(F)C2(CF)CC2)n1.NC=O.P. The standard InChI is InChI=1S/C21H22F5N3O2.CH3NO.H3P/c1-11-28-16(17(24)21(10-22)5-6-21)14(20-30-7-8-31-20)19(29-11)27-9-12-3-2-4-13(15(12)23)18(25)26;2-1-3;/h2-4,17-18,20H,5-10H2,1H3,(H,27,28,29);1H,(H2,2,3);1H3. The number of halogens is 5. The molecule has 2 aromatic rings. The third-order valence-electron chi connectivity index (χ3n) is 5.67. The van der Waals surface area contributed by atoms with E-state index in [9.17, 15) is 17.6 Å². The predicted molar refractivity (Wildman–Crippen MR) is 123 cm³/mol. The van der Waals surface area contributed by atoms with Gasteiger partial charge in [-0.05, 0) is 19.8 Å². The Hall–Kier alpha value is -2.43.